The summed E-state index contributed by atoms with van der Waals surface area (Å²) in [7, 11) is 1.54. The van der Waals surface area contributed by atoms with Gasteiger partial charge in [-0.2, -0.15) is 4.98 Å². The molecular formula is C24H33N3O6. The zero-order valence-electron chi connectivity index (χ0n) is 19.8. The molecule has 1 N–H and O–H groups in total. The Morgan fingerprint density at radius 1 is 0.939 bits per heavy atom. The molecule has 0 bridgehead atoms. The largest absolute Gasteiger partial charge is 0.490 e. The first-order valence-electron chi connectivity index (χ1n) is 11.5. The molecule has 0 atom stereocenters. The van der Waals surface area contributed by atoms with Crippen molar-refractivity contribution < 1.29 is 28.5 Å². The van der Waals surface area contributed by atoms with Crippen molar-refractivity contribution in [3.05, 3.63) is 30.1 Å². The summed E-state index contributed by atoms with van der Waals surface area (Å²) < 4.78 is 28.2. The maximum atomic E-state index is 13.0. The molecule has 9 heteroatoms. The maximum Gasteiger partial charge on any atom is 0.251 e. The number of hydrogen-bond donors (Lipinski definition) is 1. The molecule has 1 fully saturated rings. The monoisotopic (exact) mass is 459 g/mol. The predicted octanol–water partition coefficient (Wildman–Crippen LogP) is 3.80. The van der Waals surface area contributed by atoms with Crippen molar-refractivity contribution in [2.24, 2.45) is 0 Å². The predicted molar refractivity (Wildman–Crippen MR) is 123 cm³/mol. The molecule has 1 aromatic carbocycles. The van der Waals surface area contributed by atoms with Crippen molar-refractivity contribution in [1.82, 2.24) is 15.3 Å². The van der Waals surface area contributed by atoms with Crippen LogP contribution in [0.15, 0.2) is 24.5 Å². The van der Waals surface area contributed by atoms with E-state index in [-0.39, 0.29) is 18.1 Å². The van der Waals surface area contributed by atoms with Gasteiger partial charge in [0.2, 0.25) is 17.5 Å². The molecule has 1 amide bonds. The Morgan fingerprint density at radius 3 is 2.12 bits per heavy atom. The lowest BCUT2D eigenvalue weighted by atomic mass is 9.92. The quantitative estimate of drug-likeness (QED) is 0.542. The SMILES string of the molecule is CCOc1cc(C(=O)NC2CCC(Oc3cncc(OC)n3)CC2)cc(OCC)c1OCC. The summed E-state index contributed by atoms with van der Waals surface area (Å²) in [6, 6.07) is 3.48. The highest BCUT2D eigenvalue weighted by Gasteiger charge is 2.26. The van der Waals surface area contributed by atoms with Gasteiger partial charge >= 0.3 is 0 Å². The molecule has 0 saturated heterocycles. The van der Waals surface area contributed by atoms with Gasteiger partial charge in [-0.25, -0.2) is 0 Å². The van der Waals surface area contributed by atoms with Crippen LogP contribution in [0.3, 0.4) is 0 Å². The number of methoxy groups -OCH3 is 1. The molecule has 2 aromatic rings. The van der Waals surface area contributed by atoms with E-state index in [9.17, 15) is 4.79 Å². The van der Waals surface area contributed by atoms with Gasteiger partial charge in [-0.1, -0.05) is 0 Å². The minimum atomic E-state index is -0.164. The van der Waals surface area contributed by atoms with Gasteiger partial charge < -0.3 is 29.0 Å². The van der Waals surface area contributed by atoms with Gasteiger partial charge in [-0.3, -0.25) is 9.78 Å². The van der Waals surface area contributed by atoms with E-state index in [4.69, 9.17) is 23.7 Å². The Hall–Kier alpha value is -3.23. The highest BCUT2D eigenvalue weighted by Crippen LogP contribution is 2.39. The zero-order valence-corrected chi connectivity index (χ0v) is 19.8. The zero-order chi connectivity index (χ0) is 23.6. The van der Waals surface area contributed by atoms with Gasteiger partial charge in [0.25, 0.3) is 5.91 Å². The second-order valence-corrected chi connectivity index (χ2v) is 7.57. The Bertz CT molecular complexity index is 888. The summed E-state index contributed by atoms with van der Waals surface area (Å²) in [5.41, 5.74) is 0.482. The van der Waals surface area contributed by atoms with E-state index in [1.807, 2.05) is 20.8 Å². The molecule has 1 saturated carbocycles. The van der Waals surface area contributed by atoms with Crippen molar-refractivity contribution in [3.8, 4) is 29.0 Å². The fourth-order valence-corrected chi connectivity index (χ4v) is 3.77. The van der Waals surface area contributed by atoms with Crippen molar-refractivity contribution in [2.45, 2.75) is 58.6 Å². The van der Waals surface area contributed by atoms with Gasteiger partial charge in [0.1, 0.15) is 6.10 Å². The van der Waals surface area contributed by atoms with E-state index < -0.39 is 0 Å². The fraction of sp³-hybridized carbons (Fsp3) is 0.542. The summed E-state index contributed by atoms with van der Waals surface area (Å²) in [6.07, 6.45) is 6.37. The van der Waals surface area contributed by atoms with Crippen molar-refractivity contribution in [2.75, 3.05) is 26.9 Å². The van der Waals surface area contributed by atoms with Crippen LogP contribution in [0.1, 0.15) is 56.8 Å². The van der Waals surface area contributed by atoms with Crippen molar-refractivity contribution >= 4 is 5.91 Å². The lowest BCUT2D eigenvalue weighted by Crippen LogP contribution is -2.39. The van der Waals surface area contributed by atoms with Crippen LogP contribution in [-0.2, 0) is 0 Å². The van der Waals surface area contributed by atoms with Crippen molar-refractivity contribution in [3.63, 3.8) is 0 Å². The molecule has 9 nitrogen and oxygen atoms in total. The van der Waals surface area contributed by atoms with E-state index in [0.717, 1.165) is 25.7 Å². The molecule has 180 valence electrons. The molecular weight excluding hydrogens is 426 g/mol. The van der Waals surface area contributed by atoms with Crippen molar-refractivity contribution in [1.29, 1.82) is 0 Å². The van der Waals surface area contributed by atoms with E-state index in [0.29, 0.717) is 54.4 Å². The Kier molecular flexibility index (Phi) is 8.97. The summed E-state index contributed by atoms with van der Waals surface area (Å²) in [6.45, 7) is 7.06. The van der Waals surface area contributed by atoms with E-state index in [1.165, 1.54) is 6.20 Å². The lowest BCUT2D eigenvalue weighted by molar-refractivity contribution is 0.0888. The summed E-state index contributed by atoms with van der Waals surface area (Å²) in [5, 5.41) is 3.13. The Labute approximate surface area is 194 Å². The van der Waals surface area contributed by atoms with Crippen LogP contribution in [0, 0.1) is 0 Å². The number of rotatable bonds is 11. The first kappa shape index (κ1) is 24.4. The topological polar surface area (TPSA) is 101 Å². The Balaban J connectivity index is 1.62. The molecule has 33 heavy (non-hydrogen) atoms. The maximum absolute atomic E-state index is 13.0. The number of carbonyl (C=O) groups is 1. The second-order valence-electron chi connectivity index (χ2n) is 7.57. The molecule has 1 aliphatic carbocycles. The van der Waals surface area contributed by atoms with E-state index in [1.54, 1.807) is 25.4 Å². The lowest BCUT2D eigenvalue weighted by Gasteiger charge is -2.29. The molecule has 0 spiro atoms. The van der Waals surface area contributed by atoms with Gasteiger partial charge in [0, 0.05) is 11.6 Å². The third-order valence-corrected chi connectivity index (χ3v) is 5.27. The number of nitrogens with zero attached hydrogens (tertiary/aromatic N) is 2. The van der Waals surface area contributed by atoms with E-state index >= 15 is 0 Å². The average molecular weight is 460 g/mol. The summed E-state index contributed by atoms with van der Waals surface area (Å²) in [5.74, 6) is 2.24. The molecule has 1 aromatic heterocycles. The fourth-order valence-electron chi connectivity index (χ4n) is 3.77. The second kappa shape index (κ2) is 12.1. The van der Waals surface area contributed by atoms with Crippen LogP contribution in [0.4, 0.5) is 0 Å². The molecule has 3 rings (SSSR count). The standard InChI is InChI=1S/C24H33N3O6/c1-5-30-19-12-16(13-20(31-6-2)23(19)32-7-3)24(28)26-17-8-10-18(11-9-17)33-22-15-25-14-21(27-22)29-4/h12-15,17-18H,5-11H2,1-4H3,(H,26,28). The highest BCUT2D eigenvalue weighted by molar-refractivity contribution is 5.95. The number of benzene rings is 1. The number of aromatic nitrogens is 2. The smallest absolute Gasteiger partial charge is 0.251 e. The first-order valence-corrected chi connectivity index (χ1v) is 11.5. The minimum absolute atomic E-state index is 0.0270. The molecule has 1 heterocycles. The third kappa shape index (κ3) is 6.63. The van der Waals surface area contributed by atoms with Crippen LogP contribution in [0.25, 0.3) is 0 Å². The van der Waals surface area contributed by atoms with Crippen LogP contribution in [0.2, 0.25) is 0 Å². The molecule has 0 radical (unpaired) electrons. The first-order chi connectivity index (χ1) is 16.1. The van der Waals surface area contributed by atoms with Crippen LogP contribution in [0.5, 0.6) is 29.0 Å². The molecule has 1 aliphatic rings. The third-order valence-electron chi connectivity index (χ3n) is 5.27. The normalized spacial score (nSPS) is 17.7. The number of carbonyl (C=O) groups excluding carboxylic acids is 1. The van der Waals surface area contributed by atoms with Gasteiger partial charge in [-0.15, -0.1) is 0 Å². The molecule has 0 aliphatic heterocycles. The van der Waals surface area contributed by atoms with Crippen LogP contribution >= 0.6 is 0 Å². The number of ether oxygens (including phenoxy) is 5. The summed E-state index contributed by atoms with van der Waals surface area (Å²) >= 11 is 0. The number of amides is 1. The minimum Gasteiger partial charge on any atom is -0.490 e. The molecule has 0 unspecified atom stereocenters. The van der Waals surface area contributed by atoms with Crippen LogP contribution < -0.4 is 29.0 Å². The number of nitrogens with one attached hydrogen (secondary N) is 1. The van der Waals surface area contributed by atoms with Gasteiger partial charge in [-0.05, 0) is 58.6 Å². The van der Waals surface area contributed by atoms with E-state index in [2.05, 4.69) is 15.3 Å². The Morgan fingerprint density at radius 2 is 1.55 bits per heavy atom. The summed E-state index contributed by atoms with van der Waals surface area (Å²) in [4.78, 5) is 21.3. The highest BCUT2D eigenvalue weighted by atomic mass is 16.5. The van der Waals surface area contributed by atoms with Gasteiger partial charge in [0.05, 0.1) is 39.3 Å². The number of hydrogen-bond acceptors (Lipinski definition) is 8. The van der Waals surface area contributed by atoms with Gasteiger partial charge in [0.15, 0.2) is 11.5 Å². The van der Waals surface area contributed by atoms with Crippen LogP contribution in [-0.4, -0.2) is 55.0 Å². The average Bonchev–Trinajstić information content (AvgIpc) is 2.82.